The molecule has 0 aliphatic rings. The van der Waals surface area contributed by atoms with Crippen molar-refractivity contribution >= 4 is 17.3 Å². The topological polar surface area (TPSA) is 52.4 Å². The van der Waals surface area contributed by atoms with E-state index < -0.39 is 4.92 Å². The minimum atomic E-state index is -0.487. The molecule has 0 heterocycles. The monoisotopic (exact) mass is 241 g/mol. The van der Waals surface area contributed by atoms with Gasteiger partial charge in [0, 0.05) is 17.2 Å². The average Bonchev–Trinajstić information content (AvgIpc) is 2.24. The van der Waals surface area contributed by atoms with E-state index in [4.69, 9.17) is 16.3 Å². The Bertz CT molecular complexity index is 393. The Morgan fingerprint density at radius 1 is 1.56 bits per heavy atom. The number of unbranched alkanes of at least 4 members (excludes halogenated alkanes) is 1. The summed E-state index contributed by atoms with van der Waals surface area (Å²) in [5.74, 6) is 0.210. The van der Waals surface area contributed by atoms with Gasteiger partial charge in [-0.3, -0.25) is 10.1 Å². The molecule has 1 aromatic carbocycles. The molecule has 0 spiro atoms. The fourth-order valence-electron chi connectivity index (χ4n) is 1.16. The lowest BCUT2D eigenvalue weighted by Gasteiger charge is -2.06. The third-order valence-electron chi connectivity index (χ3n) is 1.93. The largest absolute Gasteiger partial charge is 0.487 e. The molecule has 1 rings (SSSR count). The molecular formula is C11H12ClNO3. The number of nitrogens with zero attached hydrogens (tertiary/aromatic N) is 1. The van der Waals surface area contributed by atoms with Crippen LogP contribution in [0.5, 0.6) is 5.75 Å². The Labute approximate surface area is 98.6 Å². The van der Waals surface area contributed by atoms with Gasteiger partial charge < -0.3 is 4.74 Å². The third-order valence-corrected chi connectivity index (χ3v) is 2.16. The first kappa shape index (κ1) is 12.5. The predicted molar refractivity (Wildman–Crippen MR) is 63.0 cm³/mol. The van der Waals surface area contributed by atoms with Gasteiger partial charge in [-0.05, 0) is 18.9 Å². The molecule has 0 aromatic heterocycles. The molecule has 0 radical (unpaired) electrons. The standard InChI is InChI=1S/C11H12ClNO3/c1-2-3-4-7-16-11-8-9(12)5-6-10(11)13(14)15/h2,5-6,8H,1,3-4,7H2. The predicted octanol–water partition coefficient (Wildman–Crippen LogP) is 3.59. The molecule has 0 N–H and O–H groups in total. The molecule has 0 fully saturated rings. The molecule has 0 atom stereocenters. The van der Waals surface area contributed by atoms with Gasteiger partial charge in [0.05, 0.1) is 11.5 Å². The first-order valence-electron chi connectivity index (χ1n) is 4.83. The van der Waals surface area contributed by atoms with Gasteiger partial charge in [0.1, 0.15) is 0 Å². The molecule has 86 valence electrons. The van der Waals surface area contributed by atoms with Gasteiger partial charge in [0.25, 0.3) is 0 Å². The van der Waals surface area contributed by atoms with Crippen LogP contribution in [0.15, 0.2) is 30.9 Å². The van der Waals surface area contributed by atoms with Crippen molar-refractivity contribution in [2.24, 2.45) is 0 Å². The van der Waals surface area contributed by atoms with E-state index >= 15 is 0 Å². The van der Waals surface area contributed by atoms with Crippen molar-refractivity contribution in [2.75, 3.05) is 6.61 Å². The zero-order valence-electron chi connectivity index (χ0n) is 8.69. The van der Waals surface area contributed by atoms with Gasteiger partial charge in [0.15, 0.2) is 5.75 Å². The molecular weight excluding hydrogens is 230 g/mol. The van der Waals surface area contributed by atoms with Crippen molar-refractivity contribution < 1.29 is 9.66 Å². The number of hydrogen-bond acceptors (Lipinski definition) is 3. The maximum Gasteiger partial charge on any atom is 0.311 e. The molecule has 1 aromatic rings. The third kappa shape index (κ3) is 3.55. The van der Waals surface area contributed by atoms with E-state index in [1.54, 1.807) is 6.08 Å². The van der Waals surface area contributed by atoms with E-state index in [1.807, 2.05) is 0 Å². The molecule has 5 heteroatoms. The van der Waals surface area contributed by atoms with Crippen LogP contribution in [0.25, 0.3) is 0 Å². The van der Waals surface area contributed by atoms with E-state index in [-0.39, 0.29) is 11.4 Å². The lowest BCUT2D eigenvalue weighted by molar-refractivity contribution is -0.385. The first-order valence-corrected chi connectivity index (χ1v) is 5.20. The Balaban J connectivity index is 2.72. The SMILES string of the molecule is C=CCCCOc1cc(Cl)ccc1[N+](=O)[O-]. The van der Waals surface area contributed by atoms with Gasteiger partial charge in [-0.2, -0.15) is 0 Å². The van der Waals surface area contributed by atoms with Gasteiger partial charge in [-0.1, -0.05) is 17.7 Å². The lowest BCUT2D eigenvalue weighted by Crippen LogP contribution is -2.00. The van der Waals surface area contributed by atoms with Crippen molar-refractivity contribution in [3.8, 4) is 5.75 Å². The normalized spacial score (nSPS) is 9.81. The quantitative estimate of drug-likeness (QED) is 0.331. The second kappa shape index (κ2) is 6.12. The fourth-order valence-corrected chi connectivity index (χ4v) is 1.33. The zero-order chi connectivity index (χ0) is 12.0. The van der Waals surface area contributed by atoms with Crippen molar-refractivity contribution in [3.05, 3.63) is 46.0 Å². The van der Waals surface area contributed by atoms with Crippen LogP contribution in [0.1, 0.15) is 12.8 Å². The van der Waals surface area contributed by atoms with Crippen LogP contribution in [-0.2, 0) is 0 Å². The summed E-state index contributed by atoms with van der Waals surface area (Å²) in [6.07, 6.45) is 3.36. The summed E-state index contributed by atoms with van der Waals surface area (Å²) < 4.78 is 5.31. The van der Waals surface area contributed by atoms with Crippen LogP contribution in [-0.4, -0.2) is 11.5 Å². The second-order valence-corrected chi connectivity index (χ2v) is 3.58. The van der Waals surface area contributed by atoms with Crippen LogP contribution in [0.2, 0.25) is 5.02 Å². The Morgan fingerprint density at radius 3 is 2.94 bits per heavy atom. The summed E-state index contributed by atoms with van der Waals surface area (Å²) in [5, 5.41) is 11.1. The molecule has 0 saturated carbocycles. The lowest BCUT2D eigenvalue weighted by atomic mass is 10.3. The number of ether oxygens (including phenoxy) is 1. The minimum Gasteiger partial charge on any atom is -0.487 e. The molecule has 0 aliphatic heterocycles. The molecule has 0 saturated heterocycles. The number of halogens is 1. The van der Waals surface area contributed by atoms with Crippen molar-refractivity contribution in [3.63, 3.8) is 0 Å². The number of rotatable bonds is 6. The Kier molecular flexibility index (Phi) is 4.79. The number of hydrogen-bond donors (Lipinski definition) is 0. The van der Waals surface area contributed by atoms with E-state index in [0.29, 0.717) is 11.6 Å². The van der Waals surface area contributed by atoms with Crippen LogP contribution in [0, 0.1) is 10.1 Å². The molecule has 4 nitrogen and oxygen atoms in total. The summed E-state index contributed by atoms with van der Waals surface area (Å²) in [6, 6.07) is 4.26. The van der Waals surface area contributed by atoms with Gasteiger partial charge in [-0.25, -0.2) is 0 Å². The first-order chi connectivity index (χ1) is 7.65. The summed E-state index contributed by atoms with van der Waals surface area (Å²) in [7, 11) is 0. The fraction of sp³-hybridized carbons (Fsp3) is 0.273. The maximum absolute atomic E-state index is 10.7. The van der Waals surface area contributed by atoms with Gasteiger partial charge in [-0.15, -0.1) is 6.58 Å². The Morgan fingerprint density at radius 2 is 2.31 bits per heavy atom. The smallest absolute Gasteiger partial charge is 0.311 e. The summed E-state index contributed by atoms with van der Waals surface area (Å²) in [4.78, 5) is 10.2. The van der Waals surface area contributed by atoms with Gasteiger partial charge >= 0.3 is 5.69 Å². The molecule has 0 amide bonds. The van der Waals surface area contributed by atoms with Crippen LogP contribution < -0.4 is 4.74 Å². The van der Waals surface area contributed by atoms with Crippen LogP contribution in [0.4, 0.5) is 5.69 Å². The van der Waals surface area contributed by atoms with Gasteiger partial charge in [0.2, 0.25) is 0 Å². The highest BCUT2D eigenvalue weighted by Crippen LogP contribution is 2.29. The van der Waals surface area contributed by atoms with Crippen molar-refractivity contribution in [2.45, 2.75) is 12.8 Å². The summed E-state index contributed by atoms with van der Waals surface area (Å²) >= 11 is 5.74. The highest BCUT2D eigenvalue weighted by molar-refractivity contribution is 6.30. The van der Waals surface area contributed by atoms with Crippen LogP contribution >= 0.6 is 11.6 Å². The number of benzene rings is 1. The Hall–Kier alpha value is -1.55. The summed E-state index contributed by atoms with van der Waals surface area (Å²) in [5.41, 5.74) is -0.0667. The number of nitro benzene ring substituents is 1. The van der Waals surface area contributed by atoms with Crippen molar-refractivity contribution in [1.29, 1.82) is 0 Å². The van der Waals surface area contributed by atoms with E-state index in [2.05, 4.69) is 6.58 Å². The van der Waals surface area contributed by atoms with E-state index in [1.165, 1.54) is 18.2 Å². The highest BCUT2D eigenvalue weighted by atomic mass is 35.5. The van der Waals surface area contributed by atoms with Crippen molar-refractivity contribution in [1.82, 2.24) is 0 Å². The summed E-state index contributed by atoms with van der Waals surface area (Å²) in [6.45, 7) is 3.99. The second-order valence-electron chi connectivity index (χ2n) is 3.15. The van der Waals surface area contributed by atoms with E-state index in [9.17, 15) is 10.1 Å². The molecule has 0 aliphatic carbocycles. The zero-order valence-corrected chi connectivity index (χ0v) is 9.44. The average molecular weight is 242 g/mol. The van der Waals surface area contributed by atoms with E-state index in [0.717, 1.165) is 12.8 Å². The number of nitro groups is 1. The number of allylic oxidation sites excluding steroid dienone is 1. The highest BCUT2D eigenvalue weighted by Gasteiger charge is 2.14. The van der Waals surface area contributed by atoms with Crippen LogP contribution in [0.3, 0.4) is 0 Å². The maximum atomic E-state index is 10.7. The molecule has 16 heavy (non-hydrogen) atoms. The molecule has 0 unspecified atom stereocenters. The minimum absolute atomic E-state index is 0.0667. The molecule has 0 bridgehead atoms.